The van der Waals surface area contributed by atoms with Crippen molar-refractivity contribution in [2.24, 2.45) is 5.73 Å². The molecule has 0 aliphatic carbocycles. The Balaban J connectivity index is 2.34. The normalized spacial score (nSPS) is 23.9. The summed E-state index contributed by atoms with van der Waals surface area (Å²) < 4.78 is 5.61. The van der Waals surface area contributed by atoms with Gasteiger partial charge in [0.2, 0.25) is 5.91 Å². The van der Waals surface area contributed by atoms with Gasteiger partial charge in [0.05, 0.1) is 18.8 Å². The minimum Gasteiger partial charge on any atom is -0.374 e. The van der Waals surface area contributed by atoms with Gasteiger partial charge in [0.15, 0.2) is 0 Å². The molecule has 1 aliphatic rings. The molecule has 3 unspecified atom stereocenters. The minimum absolute atomic E-state index is 0.00242. The second-order valence-corrected chi connectivity index (χ2v) is 5.44. The molecule has 1 rings (SSSR count). The highest BCUT2D eigenvalue weighted by Crippen LogP contribution is 2.11. The van der Waals surface area contributed by atoms with Gasteiger partial charge in [-0.3, -0.25) is 9.69 Å². The van der Waals surface area contributed by atoms with Crippen LogP contribution in [0.15, 0.2) is 0 Å². The van der Waals surface area contributed by atoms with Crippen LogP contribution in [0.3, 0.4) is 0 Å². The molecule has 1 fully saturated rings. The molecule has 1 heterocycles. The third-order valence-corrected chi connectivity index (χ3v) is 3.72. The van der Waals surface area contributed by atoms with Gasteiger partial charge in [-0.25, -0.2) is 0 Å². The monoisotopic (exact) mass is 271 g/mol. The molecule has 3 N–H and O–H groups in total. The van der Waals surface area contributed by atoms with E-state index in [1.54, 1.807) is 0 Å². The maximum Gasteiger partial charge on any atom is 0.237 e. The summed E-state index contributed by atoms with van der Waals surface area (Å²) >= 11 is 0. The molecule has 1 saturated heterocycles. The zero-order chi connectivity index (χ0) is 14.3. The molecule has 1 amide bonds. The highest BCUT2D eigenvalue weighted by molar-refractivity contribution is 5.81. The van der Waals surface area contributed by atoms with E-state index in [0.29, 0.717) is 6.61 Å². The number of carbonyl (C=O) groups excluding carboxylic acids is 1. The molecule has 1 aliphatic heterocycles. The quantitative estimate of drug-likeness (QED) is 0.670. The van der Waals surface area contributed by atoms with Crippen LogP contribution in [0.25, 0.3) is 0 Å². The Kier molecular flexibility index (Phi) is 7.34. The van der Waals surface area contributed by atoms with Gasteiger partial charge >= 0.3 is 0 Å². The molecule has 19 heavy (non-hydrogen) atoms. The van der Waals surface area contributed by atoms with Gasteiger partial charge in [-0.2, -0.15) is 0 Å². The van der Waals surface area contributed by atoms with Crippen LogP contribution in [0.2, 0.25) is 0 Å². The van der Waals surface area contributed by atoms with Crippen molar-refractivity contribution >= 4 is 5.91 Å². The van der Waals surface area contributed by atoms with E-state index in [1.807, 2.05) is 13.8 Å². The molecule has 0 saturated carbocycles. The lowest BCUT2D eigenvalue weighted by Crippen LogP contribution is -2.55. The fourth-order valence-electron chi connectivity index (χ4n) is 2.27. The Morgan fingerprint density at radius 3 is 2.84 bits per heavy atom. The van der Waals surface area contributed by atoms with Crippen molar-refractivity contribution in [3.05, 3.63) is 0 Å². The van der Waals surface area contributed by atoms with E-state index in [1.165, 1.54) is 12.8 Å². The highest BCUT2D eigenvalue weighted by Gasteiger charge is 2.29. The smallest absolute Gasteiger partial charge is 0.237 e. The maximum atomic E-state index is 12.1. The number of amides is 1. The van der Waals surface area contributed by atoms with Crippen molar-refractivity contribution in [2.75, 3.05) is 26.2 Å². The van der Waals surface area contributed by atoms with Crippen LogP contribution in [-0.2, 0) is 9.53 Å². The van der Waals surface area contributed by atoms with Crippen molar-refractivity contribution in [1.82, 2.24) is 10.2 Å². The Labute approximate surface area is 116 Å². The summed E-state index contributed by atoms with van der Waals surface area (Å²) in [5.74, 6) is 0.112. The van der Waals surface area contributed by atoms with Crippen molar-refractivity contribution < 1.29 is 9.53 Å². The molecule has 0 radical (unpaired) electrons. The van der Waals surface area contributed by atoms with E-state index < -0.39 is 0 Å². The predicted molar refractivity (Wildman–Crippen MR) is 77.0 cm³/mol. The van der Waals surface area contributed by atoms with E-state index in [0.717, 1.165) is 26.1 Å². The number of hydrogen-bond donors (Lipinski definition) is 2. The largest absolute Gasteiger partial charge is 0.374 e. The first-order valence-electron chi connectivity index (χ1n) is 7.45. The van der Waals surface area contributed by atoms with Crippen LogP contribution in [0.4, 0.5) is 0 Å². The molecule has 5 nitrogen and oxygen atoms in total. The Hall–Kier alpha value is -0.650. The van der Waals surface area contributed by atoms with E-state index in [9.17, 15) is 4.79 Å². The Morgan fingerprint density at radius 2 is 2.21 bits per heavy atom. The lowest BCUT2D eigenvalue weighted by atomic mass is 10.1. The summed E-state index contributed by atoms with van der Waals surface area (Å²) in [7, 11) is 0. The number of carbonyl (C=O) groups is 1. The van der Waals surface area contributed by atoms with Gasteiger partial charge in [-0.15, -0.1) is 0 Å². The molecular formula is C14H29N3O2. The number of nitrogens with zero attached hydrogens (tertiary/aromatic N) is 1. The number of unbranched alkanes of at least 4 members (excludes halogenated alkanes) is 2. The minimum atomic E-state index is -0.105. The van der Waals surface area contributed by atoms with Crippen LogP contribution in [0.1, 0.15) is 40.0 Å². The fraction of sp³-hybridized carbons (Fsp3) is 0.929. The number of morpholine rings is 1. The third kappa shape index (κ3) is 5.47. The van der Waals surface area contributed by atoms with E-state index in [-0.39, 0.29) is 24.1 Å². The maximum absolute atomic E-state index is 12.1. The number of rotatable bonds is 7. The SMILES string of the molecule is CCCCCNC(=O)C(C)N1CCOC(C(C)N)C1. The van der Waals surface area contributed by atoms with E-state index >= 15 is 0 Å². The number of nitrogens with one attached hydrogen (secondary N) is 1. The zero-order valence-corrected chi connectivity index (χ0v) is 12.5. The molecule has 0 bridgehead atoms. The summed E-state index contributed by atoms with van der Waals surface area (Å²) in [6.07, 6.45) is 3.42. The molecule has 112 valence electrons. The van der Waals surface area contributed by atoms with Crippen LogP contribution in [-0.4, -0.2) is 55.2 Å². The van der Waals surface area contributed by atoms with Gasteiger partial charge in [0.1, 0.15) is 0 Å². The lowest BCUT2D eigenvalue weighted by molar-refractivity contribution is -0.129. The van der Waals surface area contributed by atoms with E-state index in [4.69, 9.17) is 10.5 Å². The van der Waals surface area contributed by atoms with Crippen LogP contribution < -0.4 is 11.1 Å². The van der Waals surface area contributed by atoms with Crippen molar-refractivity contribution in [3.8, 4) is 0 Å². The molecular weight excluding hydrogens is 242 g/mol. The molecule has 3 atom stereocenters. The fourth-order valence-corrected chi connectivity index (χ4v) is 2.27. The average molecular weight is 271 g/mol. The molecule has 0 aromatic carbocycles. The second-order valence-electron chi connectivity index (χ2n) is 5.44. The molecule has 0 spiro atoms. The standard InChI is InChI=1S/C14H29N3O2/c1-4-5-6-7-16-14(18)12(3)17-8-9-19-13(10-17)11(2)15/h11-13H,4-10,15H2,1-3H3,(H,16,18). The molecule has 0 aromatic heterocycles. The van der Waals surface area contributed by atoms with Gasteiger partial charge in [-0.05, 0) is 20.3 Å². The van der Waals surface area contributed by atoms with Gasteiger partial charge in [0, 0.05) is 25.7 Å². The number of nitrogens with two attached hydrogens (primary N) is 1. The molecule has 5 heteroatoms. The Morgan fingerprint density at radius 1 is 1.47 bits per heavy atom. The summed E-state index contributed by atoms with van der Waals surface area (Å²) in [4.78, 5) is 14.2. The van der Waals surface area contributed by atoms with Gasteiger partial charge < -0.3 is 15.8 Å². The third-order valence-electron chi connectivity index (χ3n) is 3.72. The first-order valence-corrected chi connectivity index (χ1v) is 7.45. The first-order chi connectivity index (χ1) is 9.06. The van der Waals surface area contributed by atoms with E-state index in [2.05, 4.69) is 17.1 Å². The summed E-state index contributed by atoms with van der Waals surface area (Å²) in [5.41, 5.74) is 5.87. The second kappa shape index (κ2) is 8.51. The molecule has 0 aromatic rings. The number of hydrogen-bond acceptors (Lipinski definition) is 4. The van der Waals surface area contributed by atoms with Crippen molar-refractivity contribution in [3.63, 3.8) is 0 Å². The topological polar surface area (TPSA) is 67.6 Å². The first kappa shape index (κ1) is 16.4. The summed E-state index contributed by atoms with van der Waals surface area (Å²) in [6.45, 7) is 9.03. The average Bonchev–Trinajstić information content (AvgIpc) is 2.42. The van der Waals surface area contributed by atoms with Crippen molar-refractivity contribution in [2.45, 2.75) is 58.2 Å². The highest BCUT2D eigenvalue weighted by atomic mass is 16.5. The van der Waals surface area contributed by atoms with Crippen molar-refractivity contribution in [1.29, 1.82) is 0 Å². The van der Waals surface area contributed by atoms with Gasteiger partial charge in [-0.1, -0.05) is 19.8 Å². The lowest BCUT2D eigenvalue weighted by Gasteiger charge is -2.37. The Bertz CT molecular complexity index is 271. The predicted octanol–water partition coefficient (Wildman–Crippen LogP) is 0.729. The van der Waals surface area contributed by atoms with Crippen LogP contribution in [0, 0.1) is 0 Å². The van der Waals surface area contributed by atoms with Crippen LogP contribution >= 0.6 is 0 Å². The zero-order valence-electron chi connectivity index (χ0n) is 12.5. The summed E-state index contributed by atoms with van der Waals surface area (Å²) in [6, 6.07) is -0.102. The number of ether oxygens (including phenoxy) is 1. The van der Waals surface area contributed by atoms with Crippen LogP contribution in [0.5, 0.6) is 0 Å². The van der Waals surface area contributed by atoms with Gasteiger partial charge in [0.25, 0.3) is 0 Å². The summed E-state index contributed by atoms with van der Waals surface area (Å²) in [5, 5.41) is 3.01.